The number of aromatic hydroxyl groups is 1. The Kier molecular flexibility index (Phi) is 2.68. The van der Waals surface area contributed by atoms with Crippen molar-refractivity contribution in [1.82, 2.24) is 9.55 Å². The van der Waals surface area contributed by atoms with Crippen LogP contribution in [0.3, 0.4) is 0 Å². The lowest BCUT2D eigenvalue weighted by molar-refractivity contribution is 0.469. The molecule has 0 spiro atoms. The summed E-state index contributed by atoms with van der Waals surface area (Å²) in [5.41, 5.74) is 1.91. The van der Waals surface area contributed by atoms with Crippen molar-refractivity contribution in [3.05, 3.63) is 47.2 Å². The van der Waals surface area contributed by atoms with Gasteiger partial charge in [0.25, 0.3) is 0 Å². The van der Waals surface area contributed by atoms with Crippen LogP contribution in [0, 0.1) is 5.82 Å². The lowest BCUT2D eigenvalue weighted by Crippen LogP contribution is -1.94. The highest BCUT2D eigenvalue weighted by Crippen LogP contribution is 2.28. The van der Waals surface area contributed by atoms with Crippen LogP contribution in [0.4, 0.5) is 4.39 Å². The van der Waals surface area contributed by atoms with Gasteiger partial charge in [0.15, 0.2) is 0 Å². The zero-order valence-corrected chi connectivity index (χ0v) is 10.8. The molecular formula is C14H10ClFN2O. The summed E-state index contributed by atoms with van der Waals surface area (Å²) >= 11 is 5.95. The first-order valence-corrected chi connectivity index (χ1v) is 6.05. The Labute approximate surface area is 113 Å². The average Bonchev–Trinajstić information content (AvgIpc) is 2.67. The highest BCUT2D eigenvalue weighted by Gasteiger charge is 2.14. The molecule has 1 aromatic heterocycles. The minimum absolute atomic E-state index is 0.108. The van der Waals surface area contributed by atoms with E-state index >= 15 is 0 Å². The number of hydrogen-bond acceptors (Lipinski definition) is 2. The van der Waals surface area contributed by atoms with Gasteiger partial charge in [0.05, 0.1) is 16.6 Å². The zero-order chi connectivity index (χ0) is 13.6. The molecule has 0 aliphatic carbocycles. The number of imidazole rings is 1. The normalized spacial score (nSPS) is 11.1. The highest BCUT2D eigenvalue weighted by atomic mass is 35.5. The van der Waals surface area contributed by atoms with Gasteiger partial charge in [-0.1, -0.05) is 11.6 Å². The Balaban J connectivity index is 2.28. The molecule has 19 heavy (non-hydrogen) atoms. The van der Waals surface area contributed by atoms with Gasteiger partial charge in [0.1, 0.15) is 17.4 Å². The van der Waals surface area contributed by atoms with Crippen molar-refractivity contribution >= 4 is 22.6 Å². The van der Waals surface area contributed by atoms with E-state index in [1.54, 1.807) is 29.8 Å². The fourth-order valence-corrected chi connectivity index (χ4v) is 2.26. The van der Waals surface area contributed by atoms with Gasteiger partial charge in [-0.25, -0.2) is 9.37 Å². The minimum atomic E-state index is -0.510. The van der Waals surface area contributed by atoms with Crippen molar-refractivity contribution in [2.75, 3.05) is 0 Å². The van der Waals surface area contributed by atoms with Crippen LogP contribution in [-0.4, -0.2) is 14.7 Å². The van der Waals surface area contributed by atoms with E-state index in [0.717, 1.165) is 17.1 Å². The van der Waals surface area contributed by atoms with Crippen LogP contribution in [0.1, 0.15) is 0 Å². The molecule has 3 nitrogen and oxygen atoms in total. The maximum atomic E-state index is 13.9. The molecule has 0 bridgehead atoms. The van der Waals surface area contributed by atoms with E-state index in [1.165, 1.54) is 12.1 Å². The average molecular weight is 277 g/mol. The molecule has 2 aromatic carbocycles. The number of rotatable bonds is 1. The summed E-state index contributed by atoms with van der Waals surface area (Å²) < 4.78 is 15.7. The van der Waals surface area contributed by atoms with E-state index in [9.17, 15) is 9.50 Å². The molecule has 0 radical (unpaired) electrons. The molecule has 5 heteroatoms. The second-order valence-electron chi connectivity index (χ2n) is 4.29. The first kappa shape index (κ1) is 12.0. The topological polar surface area (TPSA) is 38.0 Å². The first-order chi connectivity index (χ1) is 9.06. The molecule has 3 aromatic rings. The van der Waals surface area contributed by atoms with Gasteiger partial charge in [0.2, 0.25) is 0 Å². The number of aryl methyl sites for hydroxylation is 1. The number of nitrogens with zero attached hydrogens (tertiary/aromatic N) is 2. The second-order valence-corrected chi connectivity index (χ2v) is 4.73. The SMILES string of the molecule is Cn1c(-c2ccc(O)cc2F)nc2ccc(Cl)cc21. The van der Waals surface area contributed by atoms with E-state index < -0.39 is 5.82 Å². The summed E-state index contributed by atoms with van der Waals surface area (Å²) in [6.45, 7) is 0. The van der Waals surface area contributed by atoms with Crippen molar-refractivity contribution in [2.24, 2.45) is 7.05 Å². The van der Waals surface area contributed by atoms with Crippen LogP contribution < -0.4 is 0 Å². The number of phenols is 1. The summed E-state index contributed by atoms with van der Waals surface area (Å²) in [5.74, 6) is -0.123. The van der Waals surface area contributed by atoms with Crippen molar-refractivity contribution in [3.8, 4) is 17.1 Å². The molecule has 0 amide bonds. The fourth-order valence-electron chi connectivity index (χ4n) is 2.09. The molecular weight excluding hydrogens is 267 g/mol. The molecule has 96 valence electrons. The lowest BCUT2D eigenvalue weighted by atomic mass is 10.2. The van der Waals surface area contributed by atoms with Gasteiger partial charge >= 0.3 is 0 Å². The van der Waals surface area contributed by atoms with Crippen LogP contribution in [0.5, 0.6) is 5.75 Å². The molecule has 0 saturated heterocycles. The Bertz CT molecular complexity index is 782. The molecule has 1 N–H and O–H groups in total. The number of fused-ring (bicyclic) bond motifs is 1. The van der Waals surface area contributed by atoms with E-state index in [0.29, 0.717) is 16.4 Å². The van der Waals surface area contributed by atoms with E-state index in [4.69, 9.17) is 11.6 Å². The molecule has 0 fully saturated rings. The van der Waals surface area contributed by atoms with Crippen molar-refractivity contribution in [3.63, 3.8) is 0 Å². The summed E-state index contributed by atoms with van der Waals surface area (Å²) in [6, 6.07) is 9.33. The maximum absolute atomic E-state index is 13.9. The zero-order valence-electron chi connectivity index (χ0n) is 10.1. The standard InChI is InChI=1S/C14H10ClFN2O/c1-18-13-6-8(15)2-5-12(13)17-14(18)10-4-3-9(19)7-11(10)16/h2-7,19H,1H3. The molecule has 3 rings (SSSR count). The van der Waals surface area contributed by atoms with E-state index in [1.807, 2.05) is 0 Å². The molecule has 0 aliphatic rings. The fraction of sp³-hybridized carbons (Fsp3) is 0.0714. The molecule has 0 atom stereocenters. The number of aromatic nitrogens is 2. The van der Waals surface area contributed by atoms with Crippen LogP contribution in [-0.2, 0) is 7.05 Å². The van der Waals surface area contributed by atoms with Gasteiger partial charge in [-0.2, -0.15) is 0 Å². The monoisotopic (exact) mass is 276 g/mol. The van der Waals surface area contributed by atoms with Gasteiger partial charge in [0, 0.05) is 18.1 Å². The van der Waals surface area contributed by atoms with Gasteiger partial charge in [-0.05, 0) is 30.3 Å². The van der Waals surface area contributed by atoms with Crippen molar-refractivity contribution in [2.45, 2.75) is 0 Å². The van der Waals surface area contributed by atoms with Crippen LogP contribution in [0.2, 0.25) is 5.02 Å². The molecule has 0 unspecified atom stereocenters. The second kappa shape index (κ2) is 4.24. The third-order valence-electron chi connectivity index (χ3n) is 3.04. The Morgan fingerprint density at radius 3 is 2.74 bits per heavy atom. The van der Waals surface area contributed by atoms with E-state index in [-0.39, 0.29) is 5.75 Å². The summed E-state index contributed by atoms with van der Waals surface area (Å²) in [6.07, 6.45) is 0. The van der Waals surface area contributed by atoms with Crippen LogP contribution >= 0.6 is 11.6 Å². The summed E-state index contributed by atoms with van der Waals surface area (Å²) in [5, 5.41) is 9.85. The quantitative estimate of drug-likeness (QED) is 0.735. The Hall–Kier alpha value is -2.07. The Morgan fingerprint density at radius 2 is 2.00 bits per heavy atom. The molecule has 1 heterocycles. The van der Waals surface area contributed by atoms with Crippen molar-refractivity contribution < 1.29 is 9.50 Å². The smallest absolute Gasteiger partial charge is 0.143 e. The van der Waals surface area contributed by atoms with E-state index in [2.05, 4.69) is 4.98 Å². The number of benzene rings is 2. The maximum Gasteiger partial charge on any atom is 0.143 e. The lowest BCUT2D eigenvalue weighted by Gasteiger charge is -2.04. The van der Waals surface area contributed by atoms with Gasteiger partial charge in [-0.15, -0.1) is 0 Å². The first-order valence-electron chi connectivity index (χ1n) is 5.67. The highest BCUT2D eigenvalue weighted by molar-refractivity contribution is 6.31. The van der Waals surface area contributed by atoms with Crippen molar-refractivity contribution in [1.29, 1.82) is 0 Å². The molecule has 0 aliphatic heterocycles. The van der Waals surface area contributed by atoms with Gasteiger partial charge < -0.3 is 9.67 Å². The summed E-state index contributed by atoms with van der Waals surface area (Å²) in [7, 11) is 1.80. The number of halogens is 2. The Morgan fingerprint density at radius 1 is 1.21 bits per heavy atom. The third kappa shape index (κ3) is 1.94. The molecule has 0 saturated carbocycles. The third-order valence-corrected chi connectivity index (χ3v) is 3.27. The minimum Gasteiger partial charge on any atom is -0.508 e. The van der Waals surface area contributed by atoms with Crippen LogP contribution in [0.15, 0.2) is 36.4 Å². The van der Waals surface area contributed by atoms with Gasteiger partial charge in [-0.3, -0.25) is 0 Å². The number of phenolic OH excluding ortho intramolecular Hbond substituents is 1. The predicted molar refractivity (Wildman–Crippen MR) is 72.8 cm³/mol. The predicted octanol–water partition coefficient (Wildman–Crippen LogP) is 3.74. The number of hydrogen-bond donors (Lipinski definition) is 1. The van der Waals surface area contributed by atoms with Crippen LogP contribution in [0.25, 0.3) is 22.4 Å². The summed E-state index contributed by atoms with van der Waals surface area (Å²) in [4.78, 5) is 4.40. The largest absolute Gasteiger partial charge is 0.508 e.